The Morgan fingerprint density at radius 1 is 1.64 bits per heavy atom. The largest absolute Gasteiger partial charge is 0.330 e. The quantitative estimate of drug-likeness (QED) is 0.565. The van der Waals surface area contributed by atoms with Crippen molar-refractivity contribution in [1.82, 2.24) is 5.32 Å². The Morgan fingerprint density at radius 3 is 3.00 bits per heavy atom. The lowest BCUT2D eigenvalue weighted by Crippen LogP contribution is -2.33. The van der Waals surface area contributed by atoms with E-state index in [-0.39, 0.29) is 6.04 Å². The summed E-state index contributed by atoms with van der Waals surface area (Å²) < 4.78 is 0. The topological polar surface area (TPSA) is 55.1 Å². The maximum atomic E-state index is 11.1. The van der Waals surface area contributed by atoms with Crippen LogP contribution in [0.25, 0.3) is 0 Å². The number of carbonyl (C=O) groups excluding carboxylic acids is 1. The molecule has 1 fully saturated rings. The fraction of sp³-hybridized carbons (Fsp3) is 0.875. The van der Waals surface area contributed by atoms with E-state index in [0.717, 1.165) is 32.2 Å². The second-order valence-electron chi connectivity index (χ2n) is 3.01. The molecule has 0 amide bonds. The lowest BCUT2D eigenvalue weighted by Gasteiger charge is -2.08. The minimum atomic E-state index is 0.140. The first-order chi connectivity index (χ1) is 5.34. The lowest BCUT2D eigenvalue weighted by atomic mass is 10.2. The van der Waals surface area contributed by atoms with Crippen molar-refractivity contribution in [2.75, 3.05) is 13.1 Å². The molecule has 1 saturated carbocycles. The fourth-order valence-electron chi connectivity index (χ4n) is 1.41. The van der Waals surface area contributed by atoms with Gasteiger partial charge < -0.3 is 11.1 Å². The zero-order valence-electron chi connectivity index (χ0n) is 6.81. The molecule has 0 radical (unpaired) electrons. The number of hydrogen-bond donors (Lipinski definition) is 2. The zero-order valence-corrected chi connectivity index (χ0v) is 6.81. The standard InChI is InChI=1S/C8H16N2O/c9-5-2-6-10-7-3-1-4-8(7)11/h7,10H,1-6,9H2. The summed E-state index contributed by atoms with van der Waals surface area (Å²) in [7, 11) is 0. The monoisotopic (exact) mass is 156 g/mol. The van der Waals surface area contributed by atoms with Crippen LogP contribution in [0.3, 0.4) is 0 Å². The van der Waals surface area contributed by atoms with Gasteiger partial charge in [0.25, 0.3) is 0 Å². The molecule has 1 atom stereocenters. The number of nitrogens with two attached hydrogens (primary N) is 1. The Labute approximate surface area is 67.3 Å². The molecular formula is C8H16N2O. The van der Waals surface area contributed by atoms with Crippen LogP contribution in [0.5, 0.6) is 0 Å². The van der Waals surface area contributed by atoms with E-state index in [1.54, 1.807) is 0 Å². The molecule has 0 aliphatic heterocycles. The average Bonchev–Trinajstić information content (AvgIpc) is 2.37. The van der Waals surface area contributed by atoms with Crippen LogP contribution < -0.4 is 11.1 Å². The predicted molar refractivity (Wildman–Crippen MR) is 44.3 cm³/mol. The minimum absolute atomic E-state index is 0.140. The molecule has 1 unspecified atom stereocenters. The van der Waals surface area contributed by atoms with Gasteiger partial charge in [-0.25, -0.2) is 0 Å². The van der Waals surface area contributed by atoms with Crippen molar-refractivity contribution in [2.45, 2.75) is 31.7 Å². The summed E-state index contributed by atoms with van der Waals surface area (Å²) >= 11 is 0. The highest BCUT2D eigenvalue weighted by Gasteiger charge is 2.22. The molecule has 1 rings (SSSR count). The van der Waals surface area contributed by atoms with E-state index in [0.29, 0.717) is 12.3 Å². The maximum Gasteiger partial charge on any atom is 0.149 e. The van der Waals surface area contributed by atoms with Gasteiger partial charge in [0.15, 0.2) is 0 Å². The molecule has 11 heavy (non-hydrogen) atoms. The molecule has 1 aliphatic rings. The summed E-state index contributed by atoms with van der Waals surface area (Å²) in [5.41, 5.74) is 5.32. The van der Waals surface area contributed by atoms with Gasteiger partial charge in [-0.05, 0) is 32.4 Å². The van der Waals surface area contributed by atoms with Crippen LogP contribution >= 0.6 is 0 Å². The van der Waals surface area contributed by atoms with E-state index in [9.17, 15) is 4.79 Å². The van der Waals surface area contributed by atoms with Crippen LogP contribution in [-0.4, -0.2) is 24.9 Å². The van der Waals surface area contributed by atoms with Crippen LogP contribution in [0.4, 0.5) is 0 Å². The van der Waals surface area contributed by atoms with Gasteiger partial charge in [0.1, 0.15) is 5.78 Å². The molecule has 0 aromatic heterocycles. The van der Waals surface area contributed by atoms with E-state index in [2.05, 4.69) is 5.32 Å². The third-order valence-corrected chi connectivity index (χ3v) is 2.08. The van der Waals surface area contributed by atoms with Gasteiger partial charge in [-0.1, -0.05) is 0 Å². The smallest absolute Gasteiger partial charge is 0.149 e. The van der Waals surface area contributed by atoms with Crippen molar-refractivity contribution in [1.29, 1.82) is 0 Å². The summed E-state index contributed by atoms with van der Waals surface area (Å²) in [5, 5.41) is 3.20. The fourth-order valence-corrected chi connectivity index (χ4v) is 1.41. The third kappa shape index (κ3) is 2.60. The number of carbonyl (C=O) groups is 1. The van der Waals surface area contributed by atoms with Gasteiger partial charge in [-0.2, -0.15) is 0 Å². The van der Waals surface area contributed by atoms with E-state index in [4.69, 9.17) is 5.73 Å². The number of nitrogens with one attached hydrogen (secondary N) is 1. The number of ketones is 1. The number of hydrogen-bond acceptors (Lipinski definition) is 3. The highest BCUT2D eigenvalue weighted by atomic mass is 16.1. The second kappa shape index (κ2) is 4.46. The molecule has 3 heteroatoms. The van der Waals surface area contributed by atoms with Gasteiger partial charge in [0.05, 0.1) is 6.04 Å². The van der Waals surface area contributed by atoms with Gasteiger partial charge in [0.2, 0.25) is 0 Å². The van der Waals surface area contributed by atoms with Crippen LogP contribution in [-0.2, 0) is 4.79 Å². The molecule has 3 N–H and O–H groups in total. The van der Waals surface area contributed by atoms with Gasteiger partial charge in [-0.15, -0.1) is 0 Å². The van der Waals surface area contributed by atoms with Crippen molar-refractivity contribution >= 4 is 5.78 Å². The van der Waals surface area contributed by atoms with Gasteiger partial charge >= 0.3 is 0 Å². The first kappa shape index (κ1) is 8.68. The lowest BCUT2D eigenvalue weighted by molar-refractivity contribution is -0.119. The predicted octanol–water partition coefficient (Wildman–Crippen LogP) is 0.0464. The highest BCUT2D eigenvalue weighted by Crippen LogP contribution is 2.13. The van der Waals surface area contributed by atoms with E-state index >= 15 is 0 Å². The van der Waals surface area contributed by atoms with Crippen LogP contribution in [0.15, 0.2) is 0 Å². The minimum Gasteiger partial charge on any atom is -0.330 e. The molecule has 0 aromatic rings. The third-order valence-electron chi connectivity index (χ3n) is 2.08. The second-order valence-corrected chi connectivity index (χ2v) is 3.01. The highest BCUT2D eigenvalue weighted by molar-refractivity contribution is 5.85. The number of Topliss-reactive ketones (excluding diaryl/α,β-unsaturated/α-hetero) is 1. The summed E-state index contributed by atoms with van der Waals surface area (Å²) in [6.45, 7) is 1.58. The molecule has 0 heterocycles. The van der Waals surface area contributed by atoms with E-state index < -0.39 is 0 Å². The zero-order chi connectivity index (χ0) is 8.10. The SMILES string of the molecule is NCCCNC1CCCC1=O. The number of rotatable bonds is 4. The van der Waals surface area contributed by atoms with Gasteiger partial charge in [0, 0.05) is 6.42 Å². The van der Waals surface area contributed by atoms with Crippen molar-refractivity contribution < 1.29 is 4.79 Å². The molecule has 3 nitrogen and oxygen atoms in total. The molecule has 0 bridgehead atoms. The average molecular weight is 156 g/mol. The Bertz CT molecular complexity index is 136. The Hall–Kier alpha value is -0.410. The summed E-state index contributed by atoms with van der Waals surface area (Å²) in [6.07, 6.45) is 3.80. The maximum absolute atomic E-state index is 11.1. The molecular weight excluding hydrogens is 140 g/mol. The first-order valence-electron chi connectivity index (χ1n) is 4.31. The van der Waals surface area contributed by atoms with Crippen molar-refractivity contribution in [3.05, 3.63) is 0 Å². The summed E-state index contributed by atoms with van der Waals surface area (Å²) in [6, 6.07) is 0.140. The van der Waals surface area contributed by atoms with Crippen molar-refractivity contribution in [2.24, 2.45) is 5.73 Å². The van der Waals surface area contributed by atoms with Crippen LogP contribution in [0, 0.1) is 0 Å². The van der Waals surface area contributed by atoms with Gasteiger partial charge in [-0.3, -0.25) is 4.79 Å². The Morgan fingerprint density at radius 2 is 2.45 bits per heavy atom. The Kier molecular flexibility index (Phi) is 3.52. The molecule has 1 aliphatic carbocycles. The summed E-state index contributed by atoms with van der Waals surface area (Å²) in [5.74, 6) is 0.377. The molecule has 0 aromatic carbocycles. The van der Waals surface area contributed by atoms with Crippen molar-refractivity contribution in [3.8, 4) is 0 Å². The first-order valence-corrected chi connectivity index (χ1v) is 4.31. The molecule has 0 spiro atoms. The molecule has 64 valence electrons. The van der Waals surface area contributed by atoms with E-state index in [1.807, 2.05) is 0 Å². The summed E-state index contributed by atoms with van der Waals surface area (Å²) in [4.78, 5) is 11.1. The van der Waals surface area contributed by atoms with Crippen LogP contribution in [0.1, 0.15) is 25.7 Å². The normalized spacial score (nSPS) is 24.5. The Balaban J connectivity index is 2.10. The molecule has 0 saturated heterocycles. The van der Waals surface area contributed by atoms with Crippen LogP contribution in [0.2, 0.25) is 0 Å². The van der Waals surface area contributed by atoms with Crippen molar-refractivity contribution in [3.63, 3.8) is 0 Å². The van der Waals surface area contributed by atoms with E-state index in [1.165, 1.54) is 0 Å².